The van der Waals surface area contributed by atoms with E-state index in [0.29, 0.717) is 11.1 Å². The highest BCUT2D eigenvalue weighted by Gasteiger charge is 2.50. The second kappa shape index (κ2) is 10.1. The molecule has 4 aromatic rings. The van der Waals surface area contributed by atoms with Gasteiger partial charge in [-0.3, -0.25) is 4.79 Å². The largest absolute Gasteiger partial charge is 0.294 e. The fourth-order valence-corrected chi connectivity index (χ4v) is 5.95. The Kier molecular flexibility index (Phi) is 7.55. The summed E-state index contributed by atoms with van der Waals surface area (Å²) >= 11 is 38.7. The van der Waals surface area contributed by atoms with Crippen molar-refractivity contribution >= 4 is 96.9 Å². The number of carbonyl (C=O) groups is 1. The lowest BCUT2D eigenvalue weighted by atomic mass is 9.79. The predicted molar refractivity (Wildman–Crippen MR) is 148 cm³/mol. The molecule has 0 heterocycles. The van der Waals surface area contributed by atoms with E-state index in [9.17, 15) is 4.79 Å². The summed E-state index contributed by atoms with van der Waals surface area (Å²) < 4.78 is -0.372. The van der Waals surface area contributed by atoms with Gasteiger partial charge in [-0.05, 0) is 44.8 Å². The third kappa shape index (κ3) is 4.71. The summed E-state index contributed by atoms with van der Waals surface area (Å²) in [7, 11) is 0. The molecule has 0 N–H and O–H groups in total. The summed E-state index contributed by atoms with van der Waals surface area (Å²) in [5.74, 6) is -0.631. The van der Waals surface area contributed by atoms with Crippen LogP contribution in [0.15, 0.2) is 106 Å². The Bertz CT molecular complexity index is 1330. The second-order valence-electron chi connectivity index (χ2n) is 7.67. The molecule has 2 unspecified atom stereocenters. The summed E-state index contributed by atoms with van der Waals surface area (Å²) in [6.07, 6.45) is 2.56. The molecule has 0 radical (unpaired) electrons. The molecule has 0 aliphatic rings. The number of alkyl halides is 2. The molecule has 0 aliphatic heterocycles. The van der Waals surface area contributed by atoms with Gasteiger partial charge < -0.3 is 0 Å². The van der Waals surface area contributed by atoms with Crippen molar-refractivity contribution in [1.29, 1.82) is 0 Å². The first-order valence-corrected chi connectivity index (χ1v) is 12.4. The van der Waals surface area contributed by atoms with Gasteiger partial charge in [0.25, 0.3) is 0 Å². The third-order valence-corrected chi connectivity index (χ3v) is 7.05. The lowest BCUT2D eigenvalue weighted by Crippen LogP contribution is -2.41. The van der Waals surface area contributed by atoms with Gasteiger partial charge in [0.05, 0.1) is 0 Å². The van der Waals surface area contributed by atoms with Crippen LogP contribution in [0.5, 0.6) is 0 Å². The van der Waals surface area contributed by atoms with Crippen molar-refractivity contribution in [1.82, 2.24) is 0 Å². The van der Waals surface area contributed by atoms with E-state index < -0.39 is 15.5 Å². The minimum absolute atomic E-state index is 0.186. The number of hydrogen-bond acceptors (Lipinski definition) is 1. The number of ketones is 1. The van der Waals surface area contributed by atoms with Crippen LogP contribution >= 0.6 is 69.6 Å². The lowest BCUT2D eigenvalue weighted by molar-refractivity contribution is -0.122. The zero-order valence-electron chi connectivity index (χ0n) is 17.4. The monoisotopic (exact) mass is 566 g/mol. The summed E-state index contributed by atoms with van der Waals surface area (Å²) in [6.45, 7) is 0. The van der Waals surface area contributed by atoms with E-state index in [-0.39, 0.29) is 8.98 Å². The average Bonchev–Trinajstić information content (AvgIpc) is 2.81. The van der Waals surface area contributed by atoms with Gasteiger partial charge >= 0.3 is 0 Å². The van der Waals surface area contributed by atoms with Gasteiger partial charge in [0, 0.05) is 0 Å². The smallest absolute Gasteiger partial charge is 0.191 e. The fourth-order valence-electron chi connectivity index (χ4n) is 4.18. The number of rotatable bonds is 6. The van der Waals surface area contributed by atoms with Crippen molar-refractivity contribution in [2.75, 3.05) is 0 Å². The Morgan fingerprint density at radius 2 is 0.912 bits per heavy atom. The molecule has 1 nitrogen and oxygen atoms in total. The maximum atomic E-state index is 14.5. The van der Waals surface area contributed by atoms with E-state index >= 15 is 0 Å². The molecule has 4 aromatic carbocycles. The molecule has 172 valence electrons. The lowest BCUT2D eigenvalue weighted by Gasteiger charge is -2.33. The fraction of sp³-hybridized carbons (Fsp3) is 0.0741. The molecule has 7 heteroatoms. The summed E-state index contributed by atoms with van der Waals surface area (Å²) in [4.78, 5) is 10.8. The van der Waals surface area contributed by atoms with Gasteiger partial charge in [-0.1, -0.05) is 131 Å². The number of carbonyl (C=O) groups excluding carboxylic acids is 1. The molecule has 0 amide bonds. The molecule has 0 aliphatic carbocycles. The number of Topliss-reactive ketones (excluding diaryl/α,β-unsaturated/α-hetero) is 1. The summed E-state index contributed by atoms with van der Waals surface area (Å²) in [6, 6.07) is 26.0. The Morgan fingerprint density at radius 3 is 1.29 bits per heavy atom. The van der Waals surface area contributed by atoms with Crippen molar-refractivity contribution in [3.8, 4) is 0 Å². The molecule has 0 spiro atoms. The number of benzene rings is 4. The maximum absolute atomic E-state index is 14.5. The molecule has 0 aromatic heterocycles. The molecule has 4 rings (SSSR count). The molecular formula is C27H16Cl6O. The van der Waals surface area contributed by atoms with E-state index in [1.807, 2.05) is 60.7 Å². The van der Waals surface area contributed by atoms with Gasteiger partial charge in [0.2, 0.25) is 0 Å². The van der Waals surface area contributed by atoms with E-state index in [2.05, 4.69) is 0 Å². The zero-order chi connectivity index (χ0) is 24.5. The topological polar surface area (TPSA) is 17.1 Å². The van der Waals surface area contributed by atoms with Crippen LogP contribution < -0.4 is 0 Å². The van der Waals surface area contributed by atoms with Crippen molar-refractivity contribution in [3.63, 3.8) is 0 Å². The number of hydrogen-bond donors (Lipinski definition) is 0. The Labute approximate surface area is 227 Å². The predicted octanol–water partition coefficient (Wildman–Crippen LogP) is 9.77. The quantitative estimate of drug-likeness (QED) is 0.212. The van der Waals surface area contributed by atoms with Crippen molar-refractivity contribution in [3.05, 3.63) is 117 Å². The first-order chi connectivity index (χ1) is 16.2. The summed E-state index contributed by atoms with van der Waals surface area (Å²) in [5, 5.41) is 3.26. The average molecular weight is 569 g/mol. The minimum atomic E-state index is -1.85. The van der Waals surface area contributed by atoms with Crippen LogP contribution in [0.3, 0.4) is 0 Å². The van der Waals surface area contributed by atoms with E-state index in [0.717, 1.165) is 21.5 Å². The van der Waals surface area contributed by atoms with Gasteiger partial charge in [-0.25, -0.2) is 0 Å². The number of halogens is 6. The Morgan fingerprint density at radius 1 is 0.559 bits per heavy atom. The van der Waals surface area contributed by atoms with Gasteiger partial charge in [-0.2, -0.15) is 0 Å². The van der Waals surface area contributed by atoms with Crippen LogP contribution in [-0.2, 0) is 14.5 Å². The van der Waals surface area contributed by atoms with Crippen molar-refractivity contribution in [2.45, 2.75) is 9.75 Å². The molecular weight excluding hydrogens is 553 g/mol. The molecule has 34 heavy (non-hydrogen) atoms. The Balaban J connectivity index is 2.05. The van der Waals surface area contributed by atoms with Crippen LogP contribution in [0.25, 0.3) is 21.5 Å². The third-order valence-electron chi connectivity index (χ3n) is 5.64. The molecule has 0 saturated carbocycles. The standard InChI is InChI=1S/C27H16Cl6O/c28-23(29)15-26(32,21-13-5-9-17-7-1-3-11-19(17)21)25(34)27(33,16-24(30)31)22-14-6-10-18-8-2-4-12-20(18)22/h1-16H. The van der Waals surface area contributed by atoms with Crippen LogP contribution in [-0.4, -0.2) is 5.78 Å². The highest BCUT2D eigenvalue weighted by molar-refractivity contribution is 6.58. The molecule has 0 bridgehead atoms. The highest BCUT2D eigenvalue weighted by atomic mass is 35.5. The van der Waals surface area contributed by atoms with Crippen LogP contribution in [0, 0.1) is 0 Å². The first kappa shape index (κ1) is 25.4. The highest BCUT2D eigenvalue weighted by Crippen LogP contribution is 2.48. The maximum Gasteiger partial charge on any atom is 0.191 e. The molecule has 2 atom stereocenters. The summed E-state index contributed by atoms with van der Waals surface area (Å²) in [5.41, 5.74) is 0.945. The minimum Gasteiger partial charge on any atom is -0.294 e. The first-order valence-electron chi connectivity index (χ1n) is 10.1. The molecule has 0 fully saturated rings. The van der Waals surface area contributed by atoms with E-state index in [1.54, 1.807) is 24.3 Å². The SMILES string of the molecule is O=C(C(Cl)(C=C(Cl)Cl)c1cccc2ccccc12)C(Cl)(C=C(Cl)Cl)c1cccc2ccccc12. The van der Waals surface area contributed by atoms with Gasteiger partial charge in [0.1, 0.15) is 8.98 Å². The van der Waals surface area contributed by atoms with E-state index in [1.165, 1.54) is 12.2 Å². The second-order valence-corrected chi connectivity index (χ2v) is 10.9. The Hall–Kier alpha value is -1.71. The van der Waals surface area contributed by atoms with Gasteiger partial charge in [-0.15, -0.1) is 23.2 Å². The van der Waals surface area contributed by atoms with Gasteiger partial charge in [0.15, 0.2) is 15.5 Å². The van der Waals surface area contributed by atoms with Crippen LogP contribution in [0.4, 0.5) is 0 Å². The number of fused-ring (bicyclic) bond motifs is 2. The zero-order valence-corrected chi connectivity index (χ0v) is 21.9. The molecule has 0 saturated heterocycles. The van der Waals surface area contributed by atoms with Crippen LogP contribution in [0.2, 0.25) is 0 Å². The number of allylic oxidation sites excluding steroid dienone is 2. The van der Waals surface area contributed by atoms with Crippen molar-refractivity contribution in [2.24, 2.45) is 0 Å². The van der Waals surface area contributed by atoms with E-state index in [4.69, 9.17) is 69.6 Å². The normalized spacial score (nSPS) is 14.8. The van der Waals surface area contributed by atoms with Crippen molar-refractivity contribution < 1.29 is 4.79 Å². The van der Waals surface area contributed by atoms with Crippen LogP contribution in [0.1, 0.15) is 11.1 Å².